The zero-order valence-corrected chi connectivity index (χ0v) is 14.7. The largest absolute Gasteiger partial charge is 0.336 e. The molecule has 1 amide bonds. The van der Waals surface area contributed by atoms with Crippen molar-refractivity contribution in [2.75, 3.05) is 19.6 Å². The number of rotatable bonds is 2. The second-order valence-corrected chi connectivity index (χ2v) is 8.28. The van der Waals surface area contributed by atoms with E-state index in [0.29, 0.717) is 18.0 Å². The Hall–Kier alpha value is -1.53. The van der Waals surface area contributed by atoms with Crippen molar-refractivity contribution in [3.8, 4) is 0 Å². The zero-order valence-electron chi connectivity index (χ0n) is 14.7. The van der Waals surface area contributed by atoms with E-state index in [1.54, 1.807) is 26.0 Å². The first kappa shape index (κ1) is 16.9. The summed E-state index contributed by atoms with van der Waals surface area (Å²) in [5.41, 5.74) is 5.49. The van der Waals surface area contributed by atoms with Gasteiger partial charge in [0.05, 0.1) is 11.6 Å². The topological polar surface area (TPSA) is 49.6 Å². The Kier molecular flexibility index (Phi) is 3.88. The average molecular weight is 349 g/mol. The van der Waals surface area contributed by atoms with Crippen LogP contribution in [-0.4, -0.2) is 53.0 Å². The van der Waals surface area contributed by atoms with E-state index >= 15 is 0 Å². The third-order valence-electron chi connectivity index (χ3n) is 6.19. The molecule has 0 aromatic heterocycles. The number of benzene rings is 1. The summed E-state index contributed by atoms with van der Waals surface area (Å²) in [6.07, 6.45) is 2.10. The first-order chi connectivity index (χ1) is 11.8. The van der Waals surface area contributed by atoms with Crippen LogP contribution in [0.1, 0.15) is 38.2 Å². The molecule has 4 saturated heterocycles. The summed E-state index contributed by atoms with van der Waals surface area (Å²) in [4.78, 5) is 17.2. The highest BCUT2D eigenvalue weighted by atomic mass is 19.2. The van der Waals surface area contributed by atoms with Crippen LogP contribution in [0.15, 0.2) is 18.2 Å². The quantitative estimate of drug-likeness (QED) is 0.889. The normalized spacial score (nSPS) is 34.3. The third kappa shape index (κ3) is 2.57. The van der Waals surface area contributed by atoms with Crippen LogP contribution in [-0.2, 0) is 4.79 Å². The molecular weight excluding hydrogens is 324 g/mol. The first-order valence-electron chi connectivity index (χ1n) is 9.07. The second kappa shape index (κ2) is 5.74. The van der Waals surface area contributed by atoms with Crippen LogP contribution in [0.3, 0.4) is 0 Å². The minimum atomic E-state index is -0.966. The van der Waals surface area contributed by atoms with Crippen molar-refractivity contribution in [1.82, 2.24) is 9.80 Å². The third-order valence-corrected chi connectivity index (χ3v) is 6.19. The fraction of sp³-hybridized carbons (Fsp3) is 0.632. The van der Waals surface area contributed by atoms with Crippen molar-refractivity contribution in [2.24, 2.45) is 11.7 Å². The molecule has 4 aliphatic heterocycles. The van der Waals surface area contributed by atoms with Gasteiger partial charge in [-0.3, -0.25) is 9.69 Å². The highest BCUT2D eigenvalue weighted by Gasteiger charge is 2.56. The average Bonchev–Trinajstić information content (AvgIpc) is 2.99. The summed E-state index contributed by atoms with van der Waals surface area (Å²) in [5, 5.41) is 0. The molecule has 1 aromatic carbocycles. The van der Waals surface area contributed by atoms with Crippen LogP contribution in [0.25, 0.3) is 0 Å². The highest BCUT2D eigenvalue weighted by Crippen LogP contribution is 2.47. The number of piperidine rings is 3. The predicted octanol–water partition coefficient (Wildman–Crippen LogP) is 2.09. The molecule has 25 heavy (non-hydrogen) atoms. The highest BCUT2D eigenvalue weighted by molar-refractivity contribution is 5.86. The number of nitrogens with zero attached hydrogens (tertiary/aromatic N) is 2. The number of carbonyl (C=O) groups excluding carboxylic acids is 1. The van der Waals surface area contributed by atoms with Gasteiger partial charge in [0.25, 0.3) is 0 Å². The lowest BCUT2D eigenvalue weighted by Crippen LogP contribution is -2.63. The van der Waals surface area contributed by atoms with Crippen LogP contribution < -0.4 is 5.73 Å². The van der Waals surface area contributed by atoms with Crippen molar-refractivity contribution in [2.45, 2.75) is 50.2 Å². The van der Waals surface area contributed by atoms with E-state index in [1.807, 2.05) is 4.90 Å². The van der Waals surface area contributed by atoms with Crippen molar-refractivity contribution < 1.29 is 13.6 Å². The van der Waals surface area contributed by atoms with Gasteiger partial charge in [-0.15, -0.1) is 0 Å². The lowest BCUT2D eigenvalue weighted by Gasteiger charge is -2.51. The Morgan fingerprint density at radius 3 is 2.52 bits per heavy atom. The van der Waals surface area contributed by atoms with E-state index < -0.39 is 17.2 Å². The summed E-state index contributed by atoms with van der Waals surface area (Å²) in [6, 6.07) is 4.45. The van der Waals surface area contributed by atoms with E-state index in [1.165, 1.54) is 0 Å². The lowest BCUT2D eigenvalue weighted by atomic mass is 9.75. The van der Waals surface area contributed by atoms with Gasteiger partial charge in [0.15, 0.2) is 11.6 Å². The summed E-state index contributed by atoms with van der Waals surface area (Å²) >= 11 is 0. The van der Waals surface area contributed by atoms with Crippen molar-refractivity contribution in [3.63, 3.8) is 0 Å². The maximum Gasteiger partial charge on any atom is 0.242 e. The molecule has 0 aliphatic carbocycles. The number of hydrogen-bond acceptors (Lipinski definition) is 3. The maximum atomic E-state index is 14.5. The Bertz CT molecular complexity index is 694. The van der Waals surface area contributed by atoms with E-state index in [2.05, 4.69) is 4.90 Å². The molecule has 3 atom stereocenters. The Morgan fingerprint density at radius 2 is 1.88 bits per heavy atom. The Labute approximate surface area is 147 Å². The van der Waals surface area contributed by atoms with Crippen LogP contribution in [0, 0.1) is 17.6 Å². The molecule has 4 heterocycles. The molecule has 0 saturated carbocycles. The predicted molar refractivity (Wildman–Crippen MR) is 91.0 cm³/mol. The molecule has 0 radical (unpaired) electrons. The molecule has 4 fully saturated rings. The molecule has 2 bridgehead atoms. The van der Waals surface area contributed by atoms with E-state index in [9.17, 15) is 13.6 Å². The van der Waals surface area contributed by atoms with Crippen LogP contribution in [0.2, 0.25) is 0 Å². The van der Waals surface area contributed by atoms with Gasteiger partial charge in [-0.2, -0.15) is 0 Å². The second-order valence-electron chi connectivity index (χ2n) is 8.28. The Morgan fingerprint density at radius 1 is 1.20 bits per heavy atom. The summed E-state index contributed by atoms with van der Waals surface area (Å²) in [5.74, 6) is -1.50. The van der Waals surface area contributed by atoms with Crippen molar-refractivity contribution in [3.05, 3.63) is 35.4 Å². The zero-order chi connectivity index (χ0) is 17.9. The summed E-state index contributed by atoms with van der Waals surface area (Å²) < 4.78 is 28.3. The Balaban J connectivity index is 1.76. The van der Waals surface area contributed by atoms with E-state index in [4.69, 9.17) is 5.73 Å². The smallest absolute Gasteiger partial charge is 0.242 e. The van der Waals surface area contributed by atoms with E-state index in [-0.39, 0.29) is 23.9 Å². The molecule has 2 N–H and O–H groups in total. The molecule has 1 aromatic rings. The fourth-order valence-electron chi connectivity index (χ4n) is 5.10. The van der Waals surface area contributed by atoms with Gasteiger partial charge in [-0.05, 0) is 57.3 Å². The number of fused-ring (bicyclic) bond motifs is 2. The molecular formula is C19H25F2N3O. The van der Waals surface area contributed by atoms with Crippen molar-refractivity contribution in [1.29, 1.82) is 0 Å². The van der Waals surface area contributed by atoms with E-state index in [0.717, 1.165) is 32.0 Å². The molecule has 0 spiro atoms. The lowest BCUT2D eigenvalue weighted by molar-refractivity contribution is -0.140. The monoisotopic (exact) mass is 349 g/mol. The number of carbonyl (C=O) groups is 1. The molecule has 4 aliphatic rings. The number of hydrogen-bond donors (Lipinski definition) is 1. The minimum absolute atomic E-state index is 0.0468. The molecule has 0 unspecified atom stereocenters. The number of halogens is 2. The van der Waals surface area contributed by atoms with Gasteiger partial charge in [0.1, 0.15) is 0 Å². The molecule has 136 valence electrons. The van der Waals surface area contributed by atoms with Crippen LogP contribution in [0.5, 0.6) is 0 Å². The summed E-state index contributed by atoms with van der Waals surface area (Å²) in [7, 11) is 0. The van der Waals surface area contributed by atoms with Crippen LogP contribution in [0.4, 0.5) is 8.78 Å². The van der Waals surface area contributed by atoms with Gasteiger partial charge in [0, 0.05) is 18.5 Å². The number of amides is 1. The molecule has 6 heteroatoms. The first-order valence-corrected chi connectivity index (χ1v) is 9.07. The van der Waals surface area contributed by atoms with Gasteiger partial charge in [-0.1, -0.05) is 12.1 Å². The van der Waals surface area contributed by atoms with Gasteiger partial charge >= 0.3 is 0 Å². The molecule has 4 nitrogen and oxygen atoms in total. The standard InChI is InChI=1S/C19H25F2N3O/c1-19(2,22)18(25)24-10-13(12-4-3-5-14(20)15(12)21)17-16(24)11-6-8-23(17)9-7-11/h3-5,11,13,16-17H,6-10,22H2,1-2H3/t13-,16+,17+/m0/s1. The summed E-state index contributed by atoms with van der Waals surface area (Å²) in [6.45, 7) is 5.76. The van der Waals surface area contributed by atoms with Crippen LogP contribution >= 0.6 is 0 Å². The number of likely N-dealkylation sites (tertiary alicyclic amines) is 1. The van der Waals surface area contributed by atoms with Crippen molar-refractivity contribution >= 4 is 5.91 Å². The van der Waals surface area contributed by atoms with Gasteiger partial charge < -0.3 is 10.6 Å². The molecule has 5 rings (SSSR count). The minimum Gasteiger partial charge on any atom is -0.336 e. The number of nitrogens with two attached hydrogens (primary N) is 1. The van der Waals surface area contributed by atoms with Gasteiger partial charge in [-0.25, -0.2) is 8.78 Å². The maximum absolute atomic E-state index is 14.5. The SMILES string of the molecule is CC(C)(N)C(=O)N1C[C@@H](c2cccc(F)c2F)[C@@H]2[C@H]1C1CCN2CC1. The fourth-order valence-corrected chi connectivity index (χ4v) is 5.10. The van der Waals surface area contributed by atoms with Gasteiger partial charge in [0.2, 0.25) is 5.91 Å².